The highest BCUT2D eigenvalue weighted by Crippen LogP contribution is 2.24. The average molecular weight is 252 g/mol. The van der Waals surface area contributed by atoms with E-state index in [4.69, 9.17) is 9.47 Å². The molecule has 1 heterocycles. The summed E-state index contributed by atoms with van der Waals surface area (Å²) in [5.74, 6) is -0.827. The van der Waals surface area contributed by atoms with Gasteiger partial charge < -0.3 is 19.6 Å². The van der Waals surface area contributed by atoms with Gasteiger partial charge in [0, 0.05) is 17.7 Å². The van der Waals surface area contributed by atoms with Gasteiger partial charge in [0.2, 0.25) is 5.75 Å². The van der Waals surface area contributed by atoms with Crippen molar-refractivity contribution in [3.05, 3.63) is 34.0 Å². The van der Waals surface area contributed by atoms with Crippen LogP contribution in [0.25, 0.3) is 6.08 Å². The lowest BCUT2D eigenvalue weighted by atomic mass is 10.2. The van der Waals surface area contributed by atoms with Crippen molar-refractivity contribution < 1.29 is 19.2 Å². The lowest BCUT2D eigenvalue weighted by molar-refractivity contribution is -0.390. The number of ether oxygens (including phenoxy) is 2. The Balaban J connectivity index is 2.92. The molecule has 0 saturated carbocycles. The highest BCUT2D eigenvalue weighted by atomic mass is 16.6. The van der Waals surface area contributed by atoms with Gasteiger partial charge in [-0.15, -0.1) is 0 Å². The van der Waals surface area contributed by atoms with Gasteiger partial charge in [-0.3, -0.25) is 0 Å². The van der Waals surface area contributed by atoms with E-state index in [1.807, 2.05) is 0 Å². The third-order valence-corrected chi connectivity index (χ3v) is 1.95. The molecular weight excluding hydrogens is 240 g/mol. The number of hydrogen-bond acceptors (Lipinski definition) is 6. The zero-order valence-electron chi connectivity index (χ0n) is 9.95. The van der Waals surface area contributed by atoms with Crippen molar-refractivity contribution in [3.63, 3.8) is 0 Å². The number of pyridine rings is 1. The van der Waals surface area contributed by atoms with E-state index in [9.17, 15) is 14.9 Å². The van der Waals surface area contributed by atoms with Gasteiger partial charge >= 0.3 is 11.8 Å². The Hall–Kier alpha value is -2.44. The molecule has 0 aliphatic rings. The molecule has 0 amide bonds. The molecule has 0 aromatic carbocycles. The Bertz CT molecular complexity index is 484. The van der Waals surface area contributed by atoms with Crippen LogP contribution in [0.4, 0.5) is 5.82 Å². The first kappa shape index (κ1) is 13.6. The topological polar surface area (TPSA) is 91.6 Å². The largest absolute Gasteiger partial charge is 0.489 e. The molecule has 96 valence electrons. The molecule has 18 heavy (non-hydrogen) atoms. The number of carbonyl (C=O) groups is 1. The van der Waals surface area contributed by atoms with Crippen LogP contribution < -0.4 is 4.74 Å². The average Bonchev–Trinajstić information content (AvgIpc) is 2.36. The van der Waals surface area contributed by atoms with Crippen molar-refractivity contribution >= 4 is 17.9 Å². The van der Waals surface area contributed by atoms with Crippen LogP contribution in [0.1, 0.15) is 12.5 Å². The summed E-state index contributed by atoms with van der Waals surface area (Å²) in [4.78, 5) is 24.7. The standard InChI is InChI=1S/C11H12N2O5/c1-3-18-10(14)5-4-8-6-9(17-2)11(12-7-8)13(15)16/h4-7H,3H2,1-2H3/b5-4+. The Morgan fingerprint density at radius 2 is 2.33 bits per heavy atom. The van der Waals surface area contributed by atoms with E-state index in [0.717, 1.165) is 0 Å². The molecule has 1 rings (SSSR count). The molecule has 1 aromatic rings. The predicted molar refractivity (Wildman–Crippen MR) is 63.1 cm³/mol. The second-order valence-electron chi connectivity index (χ2n) is 3.14. The number of carbonyl (C=O) groups excluding carboxylic acids is 1. The van der Waals surface area contributed by atoms with E-state index in [1.54, 1.807) is 6.92 Å². The smallest absolute Gasteiger partial charge is 0.406 e. The molecule has 0 aliphatic heterocycles. The SMILES string of the molecule is CCOC(=O)/C=C/c1cnc([N+](=O)[O-])c(OC)c1. The first-order valence-electron chi connectivity index (χ1n) is 5.11. The van der Waals surface area contributed by atoms with Crippen LogP contribution in [0.3, 0.4) is 0 Å². The number of nitro groups is 1. The van der Waals surface area contributed by atoms with E-state index in [2.05, 4.69) is 4.98 Å². The van der Waals surface area contributed by atoms with E-state index >= 15 is 0 Å². The van der Waals surface area contributed by atoms with E-state index in [0.29, 0.717) is 5.56 Å². The van der Waals surface area contributed by atoms with Crippen LogP contribution >= 0.6 is 0 Å². The minimum atomic E-state index is -0.641. The van der Waals surface area contributed by atoms with Crippen LogP contribution in [0.2, 0.25) is 0 Å². The first-order chi connectivity index (χ1) is 8.58. The molecule has 0 N–H and O–H groups in total. The van der Waals surface area contributed by atoms with Gasteiger partial charge in [0.15, 0.2) is 0 Å². The van der Waals surface area contributed by atoms with Gasteiger partial charge in [-0.05, 0) is 22.9 Å². The lowest BCUT2D eigenvalue weighted by Gasteiger charge is -2.01. The number of rotatable bonds is 5. The monoisotopic (exact) mass is 252 g/mol. The molecule has 0 fully saturated rings. The Kier molecular flexibility index (Phi) is 4.79. The molecule has 7 heteroatoms. The zero-order valence-corrected chi connectivity index (χ0v) is 9.95. The minimum Gasteiger partial charge on any atom is -0.489 e. The lowest BCUT2D eigenvalue weighted by Crippen LogP contribution is -1.99. The van der Waals surface area contributed by atoms with Gasteiger partial charge in [0.1, 0.15) is 6.20 Å². The summed E-state index contributed by atoms with van der Waals surface area (Å²) >= 11 is 0. The quantitative estimate of drug-likeness (QED) is 0.342. The number of esters is 1. The number of methoxy groups -OCH3 is 1. The molecule has 0 unspecified atom stereocenters. The molecule has 0 spiro atoms. The molecule has 0 bridgehead atoms. The maximum atomic E-state index is 11.1. The molecule has 0 aliphatic carbocycles. The van der Waals surface area contributed by atoms with E-state index in [1.165, 1.54) is 31.5 Å². The minimum absolute atomic E-state index is 0.0333. The second-order valence-corrected chi connectivity index (χ2v) is 3.14. The maximum Gasteiger partial charge on any atom is 0.406 e. The molecule has 7 nitrogen and oxygen atoms in total. The summed E-state index contributed by atoms with van der Waals surface area (Å²) in [7, 11) is 1.31. The van der Waals surface area contributed by atoms with E-state index in [-0.39, 0.29) is 18.2 Å². The third-order valence-electron chi connectivity index (χ3n) is 1.95. The van der Waals surface area contributed by atoms with Gasteiger partial charge in [0.25, 0.3) is 0 Å². The van der Waals surface area contributed by atoms with Crippen molar-refractivity contribution in [2.75, 3.05) is 13.7 Å². The summed E-state index contributed by atoms with van der Waals surface area (Å²) in [5, 5.41) is 10.6. The highest BCUT2D eigenvalue weighted by Gasteiger charge is 2.16. The maximum absolute atomic E-state index is 11.1. The number of hydrogen-bond donors (Lipinski definition) is 0. The molecule has 0 atom stereocenters. The third kappa shape index (κ3) is 3.55. The van der Waals surface area contributed by atoms with Crippen molar-refractivity contribution in [1.82, 2.24) is 4.98 Å². The zero-order chi connectivity index (χ0) is 13.5. The second kappa shape index (κ2) is 6.33. The summed E-state index contributed by atoms with van der Waals surface area (Å²) in [5.41, 5.74) is 0.505. The van der Waals surface area contributed by atoms with Crippen LogP contribution in [-0.4, -0.2) is 29.6 Å². The fourth-order valence-corrected chi connectivity index (χ4v) is 1.19. The molecule has 0 radical (unpaired) electrons. The predicted octanol–water partition coefficient (Wildman–Crippen LogP) is 1.57. The fraction of sp³-hybridized carbons (Fsp3) is 0.273. The van der Waals surface area contributed by atoms with Gasteiger partial charge in [0.05, 0.1) is 13.7 Å². The molecule has 0 saturated heterocycles. The molecular formula is C11H12N2O5. The fourth-order valence-electron chi connectivity index (χ4n) is 1.19. The first-order valence-corrected chi connectivity index (χ1v) is 5.11. The Morgan fingerprint density at radius 1 is 1.61 bits per heavy atom. The van der Waals surface area contributed by atoms with Crippen LogP contribution in [0.15, 0.2) is 18.3 Å². The van der Waals surface area contributed by atoms with Gasteiger partial charge in [-0.25, -0.2) is 4.79 Å². The van der Waals surface area contributed by atoms with Crippen molar-refractivity contribution in [3.8, 4) is 5.75 Å². The summed E-state index contributed by atoms with van der Waals surface area (Å²) in [6.07, 6.45) is 3.93. The summed E-state index contributed by atoms with van der Waals surface area (Å²) < 4.78 is 9.54. The van der Waals surface area contributed by atoms with Crippen molar-refractivity contribution in [1.29, 1.82) is 0 Å². The highest BCUT2D eigenvalue weighted by molar-refractivity contribution is 5.87. The van der Waals surface area contributed by atoms with Gasteiger partial charge in [-0.1, -0.05) is 0 Å². The number of nitrogens with zero attached hydrogens (tertiary/aromatic N) is 2. The summed E-state index contributed by atoms with van der Waals surface area (Å²) in [6, 6.07) is 1.42. The Morgan fingerprint density at radius 3 is 2.89 bits per heavy atom. The van der Waals surface area contributed by atoms with E-state index < -0.39 is 10.9 Å². The van der Waals surface area contributed by atoms with Crippen molar-refractivity contribution in [2.24, 2.45) is 0 Å². The summed E-state index contributed by atoms with van der Waals surface area (Å²) in [6.45, 7) is 1.98. The Labute approximate surface area is 103 Å². The normalized spacial score (nSPS) is 10.3. The number of aromatic nitrogens is 1. The molecule has 1 aromatic heterocycles. The van der Waals surface area contributed by atoms with Crippen molar-refractivity contribution in [2.45, 2.75) is 6.92 Å². The van der Waals surface area contributed by atoms with Gasteiger partial charge in [-0.2, -0.15) is 0 Å². The van der Waals surface area contributed by atoms with Crippen LogP contribution in [0.5, 0.6) is 5.75 Å². The van der Waals surface area contributed by atoms with Crippen LogP contribution in [-0.2, 0) is 9.53 Å². The van der Waals surface area contributed by atoms with Crippen LogP contribution in [0, 0.1) is 10.1 Å².